The fourth-order valence-electron chi connectivity index (χ4n) is 2.11. The highest BCUT2D eigenvalue weighted by atomic mass is 16.5. The summed E-state index contributed by atoms with van der Waals surface area (Å²) in [4.78, 5) is 0. The molecule has 1 saturated heterocycles. The fraction of sp³-hybridized carbons (Fsp3) is 1.00. The lowest BCUT2D eigenvalue weighted by Gasteiger charge is -2.41. The molecule has 0 amide bonds. The van der Waals surface area contributed by atoms with Crippen molar-refractivity contribution in [2.75, 3.05) is 13.1 Å². The van der Waals surface area contributed by atoms with E-state index in [1.807, 2.05) is 0 Å². The van der Waals surface area contributed by atoms with E-state index in [9.17, 15) is 0 Å². The lowest BCUT2D eigenvalue weighted by atomic mass is 9.92. The maximum atomic E-state index is 6.15. The van der Waals surface area contributed by atoms with Crippen molar-refractivity contribution in [2.45, 2.75) is 58.2 Å². The molecule has 0 radical (unpaired) electrons. The predicted molar refractivity (Wildman–Crippen MR) is 56.0 cm³/mol. The summed E-state index contributed by atoms with van der Waals surface area (Å²) < 4.78 is 6.15. The molecule has 1 rings (SSSR count). The highest BCUT2D eigenvalue weighted by Gasteiger charge is 2.33. The molecule has 13 heavy (non-hydrogen) atoms. The normalized spacial score (nSPS) is 34.8. The van der Waals surface area contributed by atoms with Gasteiger partial charge in [-0.1, -0.05) is 27.2 Å². The molecular weight excluding hydrogens is 162 g/mol. The van der Waals surface area contributed by atoms with Gasteiger partial charge in [-0.2, -0.15) is 0 Å². The Balaban J connectivity index is 2.53. The van der Waals surface area contributed by atoms with Crippen molar-refractivity contribution >= 4 is 0 Å². The van der Waals surface area contributed by atoms with Crippen molar-refractivity contribution in [3.05, 3.63) is 0 Å². The first-order valence-corrected chi connectivity index (χ1v) is 5.65. The van der Waals surface area contributed by atoms with Crippen molar-refractivity contribution in [2.24, 2.45) is 0 Å². The zero-order valence-corrected chi connectivity index (χ0v) is 9.23. The van der Waals surface area contributed by atoms with Crippen molar-refractivity contribution in [1.29, 1.82) is 0 Å². The summed E-state index contributed by atoms with van der Waals surface area (Å²) in [6.07, 6.45) is 5.09. The van der Waals surface area contributed by atoms with Crippen molar-refractivity contribution < 1.29 is 4.74 Å². The molecule has 78 valence electrons. The van der Waals surface area contributed by atoms with E-state index >= 15 is 0 Å². The summed E-state index contributed by atoms with van der Waals surface area (Å²) in [5.41, 5.74) is 0.133. The van der Waals surface area contributed by atoms with Gasteiger partial charge in [0.05, 0.1) is 11.7 Å². The van der Waals surface area contributed by atoms with Gasteiger partial charge in [-0.15, -0.1) is 0 Å². The Morgan fingerprint density at radius 3 is 2.69 bits per heavy atom. The minimum atomic E-state index is 0.133. The highest BCUT2D eigenvalue weighted by Crippen LogP contribution is 2.26. The van der Waals surface area contributed by atoms with Crippen molar-refractivity contribution in [3.63, 3.8) is 0 Å². The van der Waals surface area contributed by atoms with Crippen LogP contribution in [0.1, 0.15) is 46.5 Å². The van der Waals surface area contributed by atoms with E-state index in [1.165, 1.54) is 12.8 Å². The SMILES string of the molecule is CCCC1(CC)CNCC(CC)O1. The molecule has 2 atom stereocenters. The van der Waals surface area contributed by atoms with Gasteiger partial charge < -0.3 is 10.1 Å². The number of hydrogen-bond acceptors (Lipinski definition) is 2. The van der Waals surface area contributed by atoms with Crippen LogP contribution in [-0.2, 0) is 4.74 Å². The lowest BCUT2D eigenvalue weighted by Crippen LogP contribution is -2.53. The summed E-state index contributed by atoms with van der Waals surface area (Å²) >= 11 is 0. The molecule has 1 N–H and O–H groups in total. The summed E-state index contributed by atoms with van der Waals surface area (Å²) in [5.74, 6) is 0. The smallest absolute Gasteiger partial charge is 0.0808 e. The number of rotatable bonds is 4. The van der Waals surface area contributed by atoms with Gasteiger partial charge in [0.25, 0.3) is 0 Å². The van der Waals surface area contributed by atoms with Crippen LogP contribution in [0.4, 0.5) is 0 Å². The van der Waals surface area contributed by atoms with Gasteiger partial charge in [0, 0.05) is 13.1 Å². The molecule has 2 nitrogen and oxygen atoms in total. The van der Waals surface area contributed by atoms with Gasteiger partial charge in [-0.3, -0.25) is 0 Å². The molecule has 0 aliphatic carbocycles. The van der Waals surface area contributed by atoms with Crippen LogP contribution in [0, 0.1) is 0 Å². The van der Waals surface area contributed by atoms with Crippen LogP contribution in [0.5, 0.6) is 0 Å². The maximum Gasteiger partial charge on any atom is 0.0808 e. The Kier molecular flexibility index (Phi) is 4.20. The quantitative estimate of drug-likeness (QED) is 0.726. The highest BCUT2D eigenvalue weighted by molar-refractivity contribution is 4.87. The molecule has 1 aliphatic heterocycles. The second-order valence-corrected chi connectivity index (χ2v) is 4.07. The zero-order chi connectivity index (χ0) is 9.73. The monoisotopic (exact) mass is 185 g/mol. The van der Waals surface area contributed by atoms with Gasteiger partial charge in [0.1, 0.15) is 0 Å². The Labute approximate surface area is 82.0 Å². The van der Waals surface area contributed by atoms with Crippen LogP contribution in [0.2, 0.25) is 0 Å². The molecule has 0 aromatic carbocycles. The molecule has 0 bridgehead atoms. The molecular formula is C11H23NO. The van der Waals surface area contributed by atoms with E-state index in [4.69, 9.17) is 4.74 Å². The van der Waals surface area contributed by atoms with E-state index in [2.05, 4.69) is 26.1 Å². The fourth-order valence-corrected chi connectivity index (χ4v) is 2.11. The van der Waals surface area contributed by atoms with Crippen molar-refractivity contribution in [1.82, 2.24) is 5.32 Å². The molecule has 0 spiro atoms. The third kappa shape index (κ3) is 2.68. The molecule has 1 aliphatic rings. The van der Waals surface area contributed by atoms with Gasteiger partial charge in [-0.25, -0.2) is 0 Å². The standard InChI is InChI=1S/C11H23NO/c1-4-7-11(6-3)9-12-8-10(5-2)13-11/h10,12H,4-9H2,1-3H3. The Bertz CT molecular complexity index is 145. The molecule has 2 heteroatoms. The maximum absolute atomic E-state index is 6.15. The first-order chi connectivity index (χ1) is 6.26. The second kappa shape index (κ2) is 4.97. The van der Waals surface area contributed by atoms with E-state index in [1.54, 1.807) is 0 Å². The van der Waals surface area contributed by atoms with Crippen LogP contribution in [0.15, 0.2) is 0 Å². The number of nitrogens with one attached hydrogen (secondary N) is 1. The average molecular weight is 185 g/mol. The van der Waals surface area contributed by atoms with Gasteiger partial charge >= 0.3 is 0 Å². The molecule has 1 fully saturated rings. The summed E-state index contributed by atoms with van der Waals surface area (Å²) in [7, 11) is 0. The first kappa shape index (κ1) is 11.0. The molecule has 0 saturated carbocycles. The Morgan fingerprint density at radius 1 is 1.38 bits per heavy atom. The third-order valence-electron chi connectivity index (χ3n) is 3.04. The second-order valence-electron chi connectivity index (χ2n) is 4.07. The zero-order valence-electron chi connectivity index (χ0n) is 9.23. The van der Waals surface area contributed by atoms with Gasteiger partial charge in [-0.05, 0) is 19.3 Å². The van der Waals surface area contributed by atoms with Crippen LogP contribution >= 0.6 is 0 Å². The summed E-state index contributed by atoms with van der Waals surface area (Å²) in [6.45, 7) is 8.73. The van der Waals surface area contributed by atoms with E-state index in [0.29, 0.717) is 6.10 Å². The third-order valence-corrected chi connectivity index (χ3v) is 3.04. The summed E-state index contributed by atoms with van der Waals surface area (Å²) in [5, 5.41) is 3.49. The van der Waals surface area contributed by atoms with Gasteiger partial charge in [0.2, 0.25) is 0 Å². The largest absolute Gasteiger partial charge is 0.369 e. The van der Waals surface area contributed by atoms with Crippen LogP contribution in [0.3, 0.4) is 0 Å². The first-order valence-electron chi connectivity index (χ1n) is 5.65. The van der Waals surface area contributed by atoms with Crippen molar-refractivity contribution in [3.8, 4) is 0 Å². The topological polar surface area (TPSA) is 21.3 Å². The van der Waals surface area contributed by atoms with Crippen LogP contribution in [0.25, 0.3) is 0 Å². The minimum absolute atomic E-state index is 0.133. The summed E-state index contributed by atoms with van der Waals surface area (Å²) in [6, 6.07) is 0. The molecule has 0 aromatic heterocycles. The number of hydrogen-bond donors (Lipinski definition) is 1. The van der Waals surface area contributed by atoms with E-state index in [-0.39, 0.29) is 5.60 Å². The number of ether oxygens (including phenoxy) is 1. The Hall–Kier alpha value is -0.0800. The molecule has 0 aromatic rings. The lowest BCUT2D eigenvalue weighted by molar-refractivity contribution is -0.123. The van der Waals surface area contributed by atoms with Crippen LogP contribution in [-0.4, -0.2) is 24.8 Å². The minimum Gasteiger partial charge on any atom is -0.369 e. The predicted octanol–water partition coefficient (Wildman–Crippen LogP) is 2.33. The van der Waals surface area contributed by atoms with E-state index in [0.717, 1.165) is 25.9 Å². The van der Waals surface area contributed by atoms with Gasteiger partial charge in [0.15, 0.2) is 0 Å². The Morgan fingerprint density at radius 2 is 2.15 bits per heavy atom. The van der Waals surface area contributed by atoms with Crippen LogP contribution < -0.4 is 5.32 Å². The average Bonchev–Trinajstić information content (AvgIpc) is 2.19. The molecule has 2 unspecified atom stereocenters. The number of morpholine rings is 1. The van der Waals surface area contributed by atoms with E-state index < -0.39 is 0 Å². The molecule has 1 heterocycles.